The highest BCUT2D eigenvalue weighted by Crippen LogP contribution is 2.25. The van der Waals surface area contributed by atoms with Gasteiger partial charge in [0.25, 0.3) is 5.91 Å². The average molecular weight is 276 g/mol. The maximum atomic E-state index is 12.3. The molecule has 0 fully saturated rings. The van der Waals surface area contributed by atoms with Crippen LogP contribution in [-0.2, 0) is 4.79 Å². The molecule has 0 spiro atoms. The lowest BCUT2D eigenvalue weighted by atomic mass is 10.1. The van der Waals surface area contributed by atoms with E-state index in [-0.39, 0.29) is 18.4 Å². The zero-order valence-electron chi connectivity index (χ0n) is 12.1. The van der Waals surface area contributed by atoms with Crippen molar-refractivity contribution in [2.75, 3.05) is 51.4 Å². The van der Waals surface area contributed by atoms with Gasteiger partial charge in [-0.3, -0.25) is 9.59 Å². The number of likely N-dealkylation sites (N-methyl/N-ethyl adjacent to an activating group) is 2. The van der Waals surface area contributed by atoms with Crippen molar-refractivity contribution in [1.29, 1.82) is 0 Å². The second-order valence-corrected chi connectivity index (χ2v) is 5.06. The molecule has 6 heteroatoms. The molecule has 2 N–H and O–H groups in total. The molecule has 1 aliphatic rings. The van der Waals surface area contributed by atoms with E-state index in [4.69, 9.17) is 0 Å². The molecule has 0 atom stereocenters. The summed E-state index contributed by atoms with van der Waals surface area (Å²) in [5.41, 5.74) is 2.50. The summed E-state index contributed by atoms with van der Waals surface area (Å²) in [6.07, 6.45) is 0. The van der Waals surface area contributed by atoms with Gasteiger partial charge in [0.05, 0.1) is 17.9 Å². The summed E-state index contributed by atoms with van der Waals surface area (Å²) in [4.78, 5) is 26.8. The van der Waals surface area contributed by atoms with Crippen LogP contribution in [0.3, 0.4) is 0 Å². The largest absolute Gasteiger partial charge is 0.382 e. The maximum Gasteiger partial charge on any atom is 0.254 e. The molecule has 1 aliphatic heterocycles. The lowest BCUT2D eigenvalue weighted by Crippen LogP contribution is -2.37. The molecule has 0 radical (unpaired) electrons. The first-order valence-electron chi connectivity index (χ1n) is 6.56. The summed E-state index contributed by atoms with van der Waals surface area (Å²) in [6, 6.07) is 5.48. The SMILES string of the molecule is CN(C)C(=O)CN(C)C(=O)c1ccc2c(c1)NCCN2. The fraction of sp³-hybridized carbons (Fsp3) is 0.429. The molecule has 2 amide bonds. The van der Waals surface area contributed by atoms with E-state index in [0.717, 1.165) is 24.5 Å². The van der Waals surface area contributed by atoms with Crippen molar-refractivity contribution in [3.63, 3.8) is 0 Å². The summed E-state index contributed by atoms with van der Waals surface area (Å²) in [5, 5.41) is 6.50. The zero-order valence-corrected chi connectivity index (χ0v) is 12.1. The van der Waals surface area contributed by atoms with Crippen molar-refractivity contribution in [3.8, 4) is 0 Å². The van der Waals surface area contributed by atoms with Crippen molar-refractivity contribution in [1.82, 2.24) is 9.80 Å². The van der Waals surface area contributed by atoms with Gasteiger partial charge in [-0.1, -0.05) is 0 Å². The molecule has 108 valence electrons. The van der Waals surface area contributed by atoms with Gasteiger partial charge in [0.1, 0.15) is 0 Å². The molecule has 2 rings (SSSR count). The maximum absolute atomic E-state index is 12.3. The summed E-state index contributed by atoms with van der Waals surface area (Å²) < 4.78 is 0. The molecular formula is C14H20N4O2. The molecule has 0 saturated carbocycles. The number of amides is 2. The van der Waals surface area contributed by atoms with Crippen molar-refractivity contribution in [3.05, 3.63) is 23.8 Å². The average Bonchev–Trinajstić information content (AvgIpc) is 2.45. The third kappa shape index (κ3) is 3.01. The molecule has 0 aliphatic carbocycles. The second kappa shape index (κ2) is 5.81. The van der Waals surface area contributed by atoms with Gasteiger partial charge in [-0.25, -0.2) is 0 Å². The number of fused-ring (bicyclic) bond motifs is 1. The molecule has 1 aromatic carbocycles. The lowest BCUT2D eigenvalue weighted by Gasteiger charge is -2.22. The first kappa shape index (κ1) is 14.2. The monoisotopic (exact) mass is 276 g/mol. The Hall–Kier alpha value is -2.24. The van der Waals surface area contributed by atoms with Crippen LogP contribution in [0.1, 0.15) is 10.4 Å². The Morgan fingerprint density at radius 2 is 1.75 bits per heavy atom. The zero-order chi connectivity index (χ0) is 14.7. The number of anilines is 2. The third-order valence-electron chi connectivity index (χ3n) is 3.24. The van der Waals surface area contributed by atoms with E-state index in [0.29, 0.717) is 5.56 Å². The van der Waals surface area contributed by atoms with Gasteiger partial charge < -0.3 is 20.4 Å². The third-order valence-corrected chi connectivity index (χ3v) is 3.24. The number of hydrogen-bond donors (Lipinski definition) is 2. The van der Waals surface area contributed by atoms with Gasteiger partial charge in [-0.2, -0.15) is 0 Å². The van der Waals surface area contributed by atoms with Crippen LogP contribution < -0.4 is 10.6 Å². The Balaban J connectivity index is 2.10. The number of carbonyl (C=O) groups excluding carboxylic acids is 2. The predicted octanol–water partition coefficient (Wildman–Crippen LogP) is 0.684. The summed E-state index contributed by atoms with van der Waals surface area (Å²) in [7, 11) is 4.99. The van der Waals surface area contributed by atoms with Crippen molar-refractivity contribution < 1.29 is 9.59 Å². The molecule has 1 aromatic rings. The first-order valence-corrected chi connectivity index (χ1v) is 6.56. The minimum absolute atomic E-state index is 0.0780. The quantitative estimate of drug-likeness (QED) is 0.852. The topological polar surface area (TPSA) is 64.7 Å². The Labute approximate surface area is 118 Å². The van der Waals surface area contributed by atoms with E-state index in [2.05, 4.69) is 10.6 Å². The molecule has 20 heavy (non-hydrogen) atoms. The standard InChI is InChI=1S/C14H20N4O2/c1-17(2)13(19)9-18(3)14(20)10-4-5-11-12(8-10)16-7-6-15-11/h4-5,8,15-16H,6-7,9H2,1-3H3. The summed E-state index contributed by atoms with van der Waals surface area (Å²) in [5.74, 6) is -0.256. The number of benzene rings is 1. The van der Waals surface area contributed by atoms with Gasteiger partial charge in [-0.15, -0.1) is 0 Å². The fourth-order valence-electron chi connectivity index (χ4n) is 2.01. The summed E-state index contributed by atoms with van der Waals surface area (Å²) in [6.45, 7) is 1.78. The van der Waals surface area contributed by atoms with Gasteiger partial charge in [-0.05, 0) is 18.2 Å². The highest BCUT2D eigenvalue weighted by atomic mass is 16.2. The van der Waals surface area contributed by atoms with Crippen LogP contribution >= 0.6 is 0 Å². The number of hydrogen-bond acceptors (Lipinski definition) is 4. The minimum Gasteiger partial charge on any atom is -0.382 e. The van der Waals surface area contributed by atoms with Gasteiger partial charge in [0, 0.05) is 39.8 Å². The molecular weight excluding hydrogens is 256 g/mol. The van der Waals surface area contributed by atoms with Crippen molar-refractivity contribution in [2.24, 2.45) is 0 Å². The lowest BCUT2D eigenvalue weighted by molar-refractivity contribution is -0.129. The summed E-state index contributed by atoms with van der Waals surface area (Å²) >= 11 is 0. The molecule has 0 unspecified atom stereocenters. The predicted molar refractivity (Wildman–Crippen MR) is 79.1 cm³/mol. The van der Waals surface area contributed by atoms with E-state index in [1.54, 1.807) is 27.2 Å². The fourth-order valence-corrected chi connectivity index (χ4v) is 2.01. The molecule has 0 saturated heterocycles. The van der Waals surface area contributed by atoms with Crippen molar-refractivity contribution in [2.45, 2.75) is 0 Å². The normalized spacial score (nSPS) is 12.8. The van der Waals surface area contributed by atoms with Crippen LogP contribution in [0.4, 0.5) is 11.4 Å². The number of nitrogens with one attached hydrogen (secondary N) is 2. The number of rotatable bonds is 3. The minimum atomic E-state index is -0.157. The van der Waals surface area contributed by atoms with Gasteiger partial charge in [0.2, 0.25) is 5.91 Å². The molecule has 1 heterocycles. The van der Waals surface area contributed by atoms with Crippen LogP contribution in [0, 0.1) is 0 Å². The highest BCUT2D eigenvalue weighted by Gasteiger charge is 2.18. The smallest absolute Gasteiger partial charge is 0.254 e. The number of carbonyl (C=O) groups is 2. The molecule has 6 nitrogen and oxygen atoms in total. The van der Waals surface area contributed by atoms with Crippen LogP contribution in [-0.4, -0.2) is 62.4 Å². The first-order chi connectivity index (χ1) is 9.49. The molecule has 0 aromatic heterocycles. The van der Waals surface area contributed by atoms with E-state index in [1.807, 2.05) is 12.1 Å². The van der Waals surface area contributed by atoms with E-state index in [1.165, 1.54) is 9.80 Å². The van der Waals surface area contributed by atoms with E-state index >= 15 is 0 Å². The second-order valence-electron chi connectivity index (χ2n) is 5.06. The molecule has 0 bridgehead atoms. The van der Waals surface area contributed by atoms with E-state index in [9.17, 15) is 9.59 Å². The van der Waals surface area contributed by atoms with Gasteiger partial charge >= 0.3 is 0 Å². The Morgan fingerprint density at radius 3 is 2.40 bits per heavy atom. The number of nitrogens with zero attached hydrogens (tertiary/aromatic N) is 2. The van der Waals surface area contributed by atoms with E-state index < -0.39 is 0 Å². The van der Waals surface area contributed by atoms with Crippen LogP contribution in [0.25, 0.3) is 0 Å². The van der Waals surface area contributed by atoms with Crippen LogP contribution in [0.5, 0.6) is 0 Å². The Kier molecular flexibility index (Phi) is 4.12. The Bertz CT molecular complexity index is 528. The van der Waals surface area contributed by atoms with Crippen molar-refractivity contribution >= 4 is 23.2 Å². The highest BCUT2D eigenvalue weighted by molar-refractivity contribution is 5.98. The van der Waals surface area contributed by atoms with Crippen LogP contribution in [0.15, 0.2) is 18.2 Å². The van der Waals surface area contributed by atoms with Gasteiger partial charge in [0.15, 0.2) is 0 Å². The Morgan fingerprint density at radius 1 is 1.10 bits per heavy atom. The van der Waals surface area contributed by atoms with Crippen LogP contribution in [0.2, 0.25) is 0 Å².